The van der Waals surface area contributed by atoms with E-state index in [4.69, 9.17) is 9.72 Å². The van der Waals surface area contributed by atoms with Crippen LogP contribution in [0.5, 0.6) is 5.75 Å². The van der Waals surface area contributed by atoms with Gasteiger partial charge in [0.1, 0.15) is 18.2 Å². The molecule has 0 spiro atoms. The number of benzene rings is 2. The van der Waals surface area contributed by atoms with Gasteiger partial charge in [-0.05, 0) is 55.0 Å². The molecule has 132 valence electrons. The van der Waals surface area contributed by atoms with Gasteiger partial charge in [0.15, 0.2) is 0 Å². The molecule has 2 aromatic carbocycles. The molecule has 0 fully saturated rings. The third-order valence-electron chi connectivity index (χ3n) is 4.74. The number of rotatable bonds is 4. The first-order valence-corrected chi connectivity index (χ1v) is 8.56. The molecule has 5 heteroatoms. The Balaban J connectivity index is 1.66. The monoisotopic (exact) mass is 347 g/mol. The Labute approximate surface area is 152 Å². The summed E-state index contributed by atoms with van der Waals surface area (Å²) in [6, 6.07) is 15.9. The summed E-state index contributed by atoms with van der Waals surface area (Å²) in [6.45, 7) is 2.83. The van der Waals surface area contributed by atoms with E-state index in [-0.39, 0.29) is 6.61 Å². The standard InChI is InChI=1S/C21H21N3O2/c1-15-21(17-6-8-19(26-2)9-7-17)22-20-10-11-23(14-24(15)20)18-5-3-4-16(12-18)13-25/h3-12,25H,13-14H2,1-2H3. The van der Waals surface area contributed by atoms with Gasteiger partial charge in [0.2, 0.25) is 0 Å². The van der Waals surface area contributed by atoms with Crippen LogP contribution in [0.15, 0.2) is 54.7 Å². The minimum Gasteiger partial charge on any atom is -0.497 e. The molecule has 5 nitrogen and oxygen atoms in total. The molecule has 1 aliphatic rings. The lowest BCUT2D eigenvalue weighted by Gasteiger charge is -2.26. The Kier molecular flexibility index (Phi) is 4.22. The molecule has 1 N–H and O–H groups in total. The second kappa shape index (κ2) is 6.69. The summed E-state index contributed by atoms with van der Waals surface area (Å²) in [5.74, 6) is 1.79. The summed E-state index contributed by atoms with van der Waals surface area (Å²) in [6.07, 6.45) is 4.06. The van der Waals surface area contributed by atoms with Gasteiger partial charge in [0.05, 0.1) is 19.4 Å². The maximum atomic E-state index is 9.37. The molecule has 2 heterocycles. The van der Waals surface area contributed by atoms with E-state index in [1.165, 1.54) is 0 Å². The average Bonchev–Trinajstić information content (AvgIpc) is 3.04. The van der Waals surface area contributed by atoms with Gasteiger partial charge in [-0.1, -0.05) is 12.1 Å². The van der Waals surface area contributed by atoms with Gasteiger partial charge < -0.3 is 19.3 Å². The highest BCUT2D eigenvalue weighted by Gasteiger charge is 2.19. The predicted molar refractivity (Wildman–Crippen MR) is 103 cm³/mol. The Morgan fingerprint density at radius 3 is 2.69 bits per heavy atom. The van der Waals surface area contributed by atoms with Crippen LogP contribution in [0, 0.1) is 6.92 Å². The van der Waals surface area contributed by atoms with Gasteiger partial charge >= 0.3 is 0 Å². The average molecular weight is 347 g/mol. The molecule has 0 atom stereocenters. The molecule has 0 bridgehead atoms. The second-order valence-electron chi connectivity index (χ2n) is 6.32. The number of hydrogen-bond acceptors (Lipinski definition) is 4. The summed E-state index contributed by atoms with van der Waals surface area (Å²) in [7, 11) is 1.67. The number of fused-ring (bicyclic) bond motifs is 1. The molecule has 0 amide bonds. The Morgan fingerprint density at radius 2 is 1.96 bits per heavy atom. The first-order chi connectivity index (χ1) is 12.7. The zero-order valence-corrected chi connectivity index (χ0v) is 14.9. The number of aliphatic hydroxyl groups excluding tert-OH is 1. The van der Waals surface area contributed by atoms with Crippen LogP contribution in [-0.2, 0) is 13.3 Å². The molecule has 1 aliphatic heterocycles. The number of nitrogens with zero attached hydrogens (tertiary/aromatic N) is 3. The zero-order chi connectivity index (χ0) is 18.1. The molecule has 3 aromatic rings. The highest BCUT2D eigenvalue weighted by atomic mass is 16.5. The number of methoxy groups -OCH3 is 1. The smallest absolute Gasteiger partial charge is 0.136 e. The molecule has 0 unspecified atom stereocenters. The lowest BCUT2D eigenvalue weighted by molar-refractivity contribution is 0.282. The van der Waals surface area contributed by atoms with Crippen LogP contribution in [0.25, 0.3) is 17.3 Å². The summed E-state index contributed by atoms with van der Waals surface area (Å²) < 4.78 is 7.44. The number of aromatic nitrogens is 2. The fourth-order valence-corrected chi connectivity index (χ4v) is 3.24. The number of aliphatic hydroxyl groups is 1. The lowest BCUT2D eigenvalue weighted by Crippen LogP contribution is -2.25. The van der Waals surface area contributed by atoms with E-state index >= 15 is 0 Å². The normalized spacial score (nSPS) is 13.0. The minimum atomic E-state index is 0.0440. The molecule has 0 radical (unpaired) electrons. The molecule has 0 aliphatic carbocycles. The quantitative estimate of drug-likeness (QED) is 0.780. The Bertz CT molecular complexity index is 958. The van der Waals surface area contributed by atoms with Crippen molar-refractivity contribution >= 4 is 11.8 Å². The van der Waals surface area contributed by atoms with E-state index < -0.39 is 0 Å². The Morgan fingerprint density at radius 1 is 1.15 bits per heavy atom. The SMILES string of the molecule is COc1ccc(-c2nc3n(c2C)CN(c2cccc(CO)c2)C=C3)cc1. The molecule has 0 saturated heterocycles. The highest BCUT2D eigenvalue weighted by molar-refractivity contribution is 5.67. The molecule has 4 rings (SSSR count). The highest BCUT2D eigenvalue weighted by Crippen LogP contribution is 2.29. The summed E-state index contributed by atoms with van der Waals surface area (Å²) in [5.41, 5.74) is 5.14. The third kappa shape index (κ3) is 2.86. The van der Waals surface area contributed by atoms with E-state index in [1.54, 1.807) is 7.11 Å². The predicted octanol–water partition coefficient (Wildman–Crippen LogP) is 3.81. The molecular weight excluding hydrogens is 326 g/mol. The summed E-state index contributed by atoms with van der Waals surface area (Å²) in [5, 5.41) is 9.37. The van der Waals surface area contributed by atoms with Crippen molar-refractivity contribution in [3.63, 3.8) is 0 Å². The first kappa shape index (κ1) is 16.4. The van der Waals surface area contributed by atoms with Crippen LogP contribution in [-0.4, -0.2) is 21.8 Å². The third-order valence-corrected chi connectivity index (χ3v) is 4.74. The molecular formula is C21H21N3O2. The van der Waals surface area contributed by atoms with E-state index in [0.717, 1.165) is 39.8 Å². The number of anilines is 1. The number of hydrogen-bond donors (Lipinski definition) is 1. The van der Waals surface area contributed by atoms with Gasteiger partial charge in [-0.3, -0.25) is 0 Å². The molecule has 26 heavy (non-hydrogen) atoms. The topological polar surface area (TPSA) is 50.5 Å². The van der Waals surface area contributed by atoms with Crippen molar-refractivity contribution in [1.29, 1.82) is 0 Å². The van der Waals surface area contributed by atoms with Crippen molar-refractivity contribution in [1.82, 2.24) is 9.55 Å². The molecule has 1 aromatic heterocycles. The van der Waals surface area contributed by atoms with Gasteiger partial charge in [0, 0.05) is 23.1 Å². The fourth-order valence-electron chi connectivity index (χ4n) is 3.24. The zero-order valence-electron chi connectivity index (χ0n) is 14.9. The van der Waals surface area contributed by atoms with Crippen molar-refractivity contribution in [3.8, 4) is 17.0 Å². The van der Waals surface area contributed by atoms with E-state index in [0.29, 0.717) is 6.67 Å². The van der Waals surface area contributed by atoms with Crippen LogP contribution in [0.1, 0.15) is 17.1 Å². The Hall–Kier alpha value is -3.05. The maximum absolute atomic E-state index is 9.37. The van der Waals surface area contributed by atoms with Gasteiger partial charge in [-0.15, -0.1) is 0 Å². The van der Waals surface area contributed by atoms with Crippen LogP contribution in [0.3, 0.4) is 0 Å². The van der Waals surface area contributed by atoms with Gasteiger partial charge in [-0.2, -0.15) is 0 Å². The largest absolute Gasteiger partial charge is 0.497 e. The van der Waals surface area contributed by atoms with Gasteiger partial charge in [-0.25, -0.2) is 4.98 Å². The number of ether oxygens (including phenoxy) is 1. The lowest BCUT2D eigenvalue weighted by atomic mass is 10.1. The van der Waals surface area contributed by atoms with E-state index in [2.05, 4.69) is 16.4 Å². The van der Waals surface area contributed by atoms with E-state index in [9.17, 15) is 5.11 Å². The van der Waals surface area contributed by atoms with Crippen LogP contribution in [0.2, 0.25) is 0 Å². The van der Waals surface area contributed by atoms with Gasteiger partial charge in [0.25, 0.3) is 0 Å². The van der Waals surface area contributed by atoms with Crippen molar-refractivity contribution in [2.24, 2.45) is 0 Å². The van der Waals surface area contributed by atoms with Crippen molar-refractivity contribution in [2.75, 3.05) is 12.0 Å². The van der Waals surface area contributed by atoms with Crippen molar-refractivity contribution < 1.29 is 9.84 Å². The van der Waals surface area contributed by atoms with Crippen molar-refractivity contribution in [3.05, 3.63) is 71.8 Å². The van der Waals surface area contributed by atoms with Crippen LogP contribution in [0.4, 0.5) is 5.69 Å². The van der Waals surface area contributed by atoms with Crippen LogP contribution >= 0.6 is 0 Å². The fraction of sp³-hybridized carbons (Fsp3) is 0.190. The van der Waals surface area contributed by atoms with E-state index in [1.807, 2.05) is 60.8 Å². The second-order valence-corrected chi connectivity index (χ2v) is 6.32. The van der Waals surface area contributed by atoms with Crippen molar-refractivity contribution in [2.45, 2.75) is 20.2 Å². The van der Waals surface area contributed by atoms with Crippen LogP contribution < -0.4 is 9.64 Å². The number of imidazole rings is 1. The first-order valence-electron chi connectivity index (χ1n) is 8.56. The maximum Gasteiger partial charge on any atom is 0.136 e. The summed E-state index contributed by atoms with van der Waals surface area (Å²) in [4.78, 5) is 6.96. The molecule has 0 saturated carbocycles. The summed E-state index contributed by atoms with van der Waals surface area (Å²) >= 11 is 0. The minimum absolute atomic E-state index is 0.0440.